The Hall–Kier alpha value is -1.56. The molecule has 20 heavy (non-hydrogen) atoms. The first-order valence-electron chi connectivity index (χ1n) is 6.44. The summed E-state index contributed by atoms with van der Waals surface area (Å²) >= 11 is 3.35. The molecule has 1 aromatic carbocycles. The maximum Gasteiger partial charge on any atom is 0.317 e. The van der Waals surface area contributed by atoms with Crippen LogP contribution in [0.5, 0.6) is 0 Å². The van der Waals surface area contributed by atoms with Gasteiger partial charge in [0, 0.05) is 24.1 Å². The molecular formula is C14H19BrN2O3. The largest absolute Gasteiger partial charge is 0.481 e. The standard InChI is InChI=1S/C14H19BrN2O3/c1-3-17(9-10(2)13(18)19)14(20)16-8-11-4-6-12(15)7-5-11/h4-7,10H,3,8-9H2,1-2H3,(H,16,20)(H,18,19). The lowest BCUT2D eigenvalue weighted by Crippen LogP contribution is -2.42. The van der Waals surface area contributed by atoms with E-state index in [0.717, 1.165) is 10.0 Å². The van der Waals surface area contributed by atoms with Crippen LogP contribution in [-0.4, -0.2) is 35.1 Å². The SMILES string of the molecule is CCN(CC(C)C(=O)O)C(=O)NCc1ccc(Br)cc1. The van der Waals surface area contributed by atoms with E-state index in [1.807, 2.05) is 31.2 Å². The molecule has 0 heterocycles. The summed E-state index contributed by atoms with van der Waals surface area (Å²) in [7, 11) is 0. The number of benzene rings is 1. The van der Waals surface area contributed by atoms with E-state index in [2.05, 4.69) is 21.2 Å². The predicted octanol–water partition coefficient (Wildman–Crippen LogP) is 2.70. The van der Waals surface area contributed by atoms with E-state index >= 15 is 0 Å². The van der Waals surface area contributed by atoms with Crippen LogP contribution in [0.4, 0.5) is 4.79 Å². The Morgan fingerprint density at radius 3 is 2.45 bits per heavy atom. The third-order valence-electron chi connectivity index (χ3n) is 2.94. The minimum atomic E-state index is -0.899. The minimum Gasteiger partial charge on any atom is -0.481 e. The van der Waals surface area contributed by atoms with Crippen LogP contribution < -0.4 is 5.32 Å². The summed E-state index contributed by atoms with van der Waals surface area (Å²) in [5, 5.41) is 11.7. The summed E-state index contributed by atoms with van der Waals surface area (Å²) < 4.78 is 0.984. The fraction of sp³-hybridized carbons (Fsp3) is 0.429. The second kappa shape index (κ2) is 7.89. The molecule has 0 aliphatic rings. The van der Waals surface area contributed by atoms with E-state index < -0.39 is 11.9 Å². The first-order valence-corrected chi connectivity index (χ1v) is 7.23. The van der Waals surface area contributed by atoms with Gasteiger partial charge in [0.25, 0.3) is 0 Å². The van der Waals surface area contributed by atoms with Crippen molar-refractivity contribution in [1.82, 2.24) is 10.2 Å². The molecule has 1 rings (SSSR count). The molecule has 0 aliphatic heterocycles. The van der Waals surface area contributed by atoms with Crippen LogP contribution in [0.3, 0.4) is 0 Å². The summed E-state index contributed by atoms with van der Waals surface area (Å²) in [6, 6.07) is 7.40. The zero-order valence-corrected chi connectivity index (χ0v) is 13.2. The number of hydrogen-bond donors (Lipinski definition) is 2. The number of rotatable bonds is 6. The summed E-state index contributed by atoms with van der Waals surface area (Å²) in [6.07, 6.45) is 0. The molecule has 0 radical (unpaired) electrons. The monoisotopic (exact) mass is 342 g/mol. The van der Waals surface area contributed by atoms with Crippen molar-refractivity contribution in [3.63, 3.8) is 0 Å². The molecule has 0 bridgehead atoms. The molecule has 1 unspecified atom stereocenters. The van der Waals surface area contributed by atoms with Crippen molar-refractivity contribution in [1.29, 1.82) is 0 Å². The number of urea groups is 1. The van der Waals surface area contributed by atoms with E-state index in [1.165, 1.54) is 4.90 Å². The van der Waals surface area contributed by atoms with Crippen molar-refractivity contribution < 1.29 is 14.7 Å². The summed E-state index contributed by atoms with van der Waals surface area (Å²) in [5.74, 6) is -1.47. The first kappa shape index (κ1) is 16.5. The molecule has 1 atom stereocenters. The average Bonchev–Trinajstić information content (AvgIpc) is 2.43. The first-order chi connectivity index (χ1) is 9.43. The summed E-state index contributed by atoms with van der Waals surface area (Å²) in [4.78, 5) is 24.3. The van der Waals surface area contributed by atoms with E-state index in [1.54, 1.807) is 6.92 Å². The molecule has 110 valence electrons. The Bertz CT molecular complexity index is 462. The fourth-order valence-electron chi connectivity index (χ4n) is 1.66. The normalized spacial score (nSPS) is 11.8. The van der Waals surface area contributed by atoms with Crippen LogP contribution in [0.1, 0.15) is 19.4 Å². The van der Waals surface area contributed by atoms with Gasteiger partial charge in [-0.05, 0) is 24.6 Å². The average molecular weight is 343 g/mol. The van der Waals surface area contributed by atoms with E-state index in [9.17, 15) is 9.59 Å². The highest BCUT2D eigenvalue weighted by Gasteiger charge is 2.18. The number of amides is 2. The van der Waals surface area contributed by atoms with Crippen LogP contribution in [0.15, 0.2) is 28.7 Å². The van der Waals surface area contributed by atoms with Gasteiger partial charge in [0.05, 0.1) is 5.92 Å². The molecule has 0 saturated carbocycles. The number of carbonyl (C=O) groups is 2. The Balaban J connectivity index is 2.51. The van der Waals surface area contributed by atoms with Gasteiger partial charge in [-0.2, -0.15) is 0 Å². The summed E-state index contributed by atoms with van der Waals surface area (Å²) in [5.41, 5.74) is 0.990. The highest BCUT2D eigenvalue weighted by Crippen LogP contribution is 2.10. The third-order valence-corrected chi connectivity index (χ3v) is 3.47. The molecule has 5 nitrogen and oxygen atoms in total. The summed E-state index contributed by atoms with van der Waals surface area (Å²) in [6.45, 7) is 4.52. The Morgan fingerprint density at radius 1 is 1.35 bits per heavy atom. The van der Waals surface area contributed by atoms with Gasteiger partial charge in [-0.3, -0.25) is 4.79 Å². The number of nitrogens with zero attached hydrogens (tertiary/aromatic N) is 1. The number of carbonyl (C=O) groups excluding carboxylic acids is 1. The Morgan fingerprint density at radius 2 is 1.95 bits per heavy atom. The molecule has 0 saturated heterocycles. The number of carboxylic acids is 1. The molecule has 2 N–H and O–H groups in total. The van der Waals surface area contributed by atoms with Crippen LogP contribution in [0.2, 0.25) is 0 Å². The van der Waals surface area contributed by atoms with Gasteiger partial charge in [-0.15, -0.1) is 0 Å². The second-order valence-electron chi connectivity index (χ2n) is 4.56. The zero-order valence-electron chi connectivity index (χ0n) is 11.6. The number of nitrogens with one attached hydrogen (secondary N) is 1. The minimum absolute atomic E-state index is 0.206. The van der Waals surface area contributed by atoms with Crippen molar-refractivity contribution in [2.45, 2.75) is 20.4 Å². The van der Waals surface area contributed by atoms with Crippen LogP contribution in [0.25, 0.3) is 0 Å². The van der Waals surface area contributed by atoms with Crippen molar-refractivity contribution in [3.05, 3.63) is 34.3 Å². The third kappa shape index (κ3) is 5.21. The zero-order chi connectivity index (χ0) is 15.1. The van der Waals surface area contributed by atoms with Crippen molar-refractivity contribution in [2.75, 3.05) is 13.1 Å². The van der Waals surface area contributed by atoms with Crippen molar-refractivity contribution in [3.8, 4) is 0 Å². The van der Waals surface area contributed by atoms with Crippen LogP contribution in [0, 0.1) is 5.92 Å². The quantitative estimate of drug-likeness (QED) is 0.834. The lowest BCUT2D eigenvalue weighted by molar-refractivity contribution is -0.141. The molecule has 1 aromatic rings. The molecule has 6 heteroatoms. The van der Waals surface area contributed by atoms with Crippen molar-refractivity contribution in [2.24, 2.45) is 5.92 Å². The van der Waals surface area contributed by atoms with Gasteiger partial charge in [-0.25, -0.2) is 4.79 Å². The number of halogens is 1. The lowest BCUT2D eigenvalue weighted by Gasteiger charge is -2.23. The van der Waals surface area contributed by atoms with Gasteiger partial charge >= 0.3 is 12.0 Å². The van der Waals surface area contributed by atoms with E-state index in [4.69, 9.17) is 5.11 Å². The van der Waals surface area contributed by atoms with Crippen molar-refractivity contribution >= 4 is 27.9 Å². The maximum atomic E-state index is 12.0. The highest BCUT2D eigenvalue weighted by atomic mass is 79.9. The molecule has 0 aromatic heterocycles. The predicted molar refractivity (Wildman–Crippen MR) is 80.4 cm³/mol. The van der Waals surface area contributed by atoms with Gasteiger partial charge in [0.15, 0.2) is 0 Å². The number of hydrogen-bond acceptors (Lipinski definition) is 2. The molecule has 0 fully saturated rings. The molecule has 0 spiro atoms. The van der Waals surface area contributed by atoms with Crippen LogP contribution >= 0.6 is 15.9 Å². The highest BCUT2D eigenvalue weighted by molar-refractivity contribution is 9.10. The fourth-order valence-corrected chi connectivity index (χ4v) is 1.92. The van der Waals surface area contributed by atoms with E-state index in [0.29, 0.717) is 13.1 Å². The van der Waals surface area contributed by atoms with Gasteiger partial charge in [0.1, 0.15) is 0 Å². The molecular weight excluding hydrogens is 324 g/mol. The maximum absolute atomic E-state index is 12.0. The van der Waals surface area contributed by atoms with Crippen LogP contribution in [-0.2, 0) is 11.3 Å². The topological polar surface area (TPSA) is 69.6 Å². The van der Waals surface area contributed by atoms with Gasteiger partial charge in [0.2, 0.25) is 0 Å². The van der Waals surface area contributed by atoms with Gasteiger partial charge in [-0.1, -0.05) is 35.0 Å². The van der Waals surface area contributed by atoms with Gasteiger partial charge < -0.3 is 15.3 Å². The molecule has 0 aliphatic carbocycles. The smallest absolute Gasteiger partial charge is 0.317 e. The second-order valence-corrected chi connectivity index (χ2v) is 5.48. The number of aliphatic carboxylic acids is 1. The van der Waals surface area contributed by atoms with E-state index in [-0.39, 0.29) is 12.6 Å². The Labute approximate surface area is 127 Å². The molecule has 2 amide bonds. The lowest BCUT2D eigenvalue weighted by atomic mass is 10.2. The Kier molecular flexibility index (Phi) is 6.51. The number of carboxylic acid groups (broad SMARTS) is 1.